The summed E-state index contributed by atoms with van der Waals surface area (Å²) in [6, 6.07) is 13.8. The largest absolute Gasteiger partial charge is 0.467 e. The number of aromatic nitrogens is 2. The molecule has 6 heteroatoms. The second-order valence-electron chi connectivity index (χ2n) is 5.18. The number of hydrogen-bond acceptors (Lipinski definition) is 3. The van der Waals surface area contributed by atoms with Crippen molar-refractivity contribution in [3.8, 4) is 5.69 Å². The van der Waals surface area contributed by atoms with Crippen LogP contribution in [0.15, 0.2) is 53.1 Å². The first-order valence-corrected chi connectivity index (χ1v) is 7.75. The molecule has 0 fully saturated rings. The van der Waals surface area contributed by atoms with Crippen LogP contribution >= 0.6 is 12.2 Å². The lowest BCUT2D eigenvalue weighted by Crippen LogP contribution is -2.28. The van der Waals surface area contributed by atoms with Gasteiger partial charge in [0.05, 0.1) is 35.6 Å². The number of furan rings is 1. The molecule has 3 rings (SSSR count). The number of aryl methyl sites for hydroxylation is 1. The summed E-state index contributed by atoms with van der Waals surface area (Å²) in [6.07, 6.45) is 1.64. The van der Waals surface area contributed by atoms with Crippen molar-refractivity contribution in [3.05, 3.63) is 65.9 Å². The Hall–Kier alpha value is -2.60. The predicted molar refractivity (Wildman–Crippen MR) is 94.8 cm³/mol. The lowest BCUT2D eigenvalue weighted by Gasteiger charge is -2.10. The first-order valence-electron chi connectivity index (χ1n) is 7.34. The van der Waals surface area contributed by atoms with E-state index in [0.29, 0.717) is 11.7 Å². The van der Waals surface area contributed by atoms with Crippen LogP contribution < -0.4 is 10.6 Å². The Labute approximate surface area is 140 Å². The van der Waals surface area contributed by atoms with Gasteiger partial charge in [0, 0.05) is 0 Å². The number of rotatable bonds is 4. The van der Waals surface area contributed by atoms with E-state index in [-0.39, 0.29) is 0 Å². The van der Waals surface area contributed by atoms with Crippen molar-refractivity contribution in [3.63, 3.8) is 0 Å². The van der Waals surface area contributed by atoms with Gasteiger partial charge < -0.3 is 15.1 Å². The van der Waals surface area contributed by atoms with Crippen LogP contribution in [0.1, 0.15) is 17.1 Å². The van der Waals surface area contributed by atoms with Crippen LogP contribution in [0.2, 0.25) is 0 Å². The van der Waals surface area contributed by atoms with Gasteiger partial charge in [0.15, 0.2) is 5.11 Å². The van der Waals surface area contributed by atoms with Crippen LogP contribution in [-0.4, -0.2) is 14.9 Å². The van der Waals surface area contributed by atoms with Crippen LogP contribution in [0.3, 0.4) is 0 Å². The lowest BCUT2D eigenvalue weighted by molar-refractivity contribution is 0.503. The molecule has 118 valence electrons. The SMILES string of the molecule is Cc1nn(-c2ccccc2)c(C)c1NC(=S)NCc1ccco1. The minimum atomic E-state index is 0.542. The fourth-order valence-corrected chi connectivity index (χ4v) is 2.56. The fourth-order valence-electron chi connectivity index (χ4n) is 2.38. The predicted octanol–water partition coefficient (Wildman–Crippen LogP) is 3.57. The summed E-state index contributed by atoms with van der Waals surface area (Å²) in [5, 5.41) is 11.5. The number of nitrogens with zero attached hydrogens (tertiary/aromatic N) is 2. The molecule has 2 aromatic heterocycles. The summed E-state index contributed by atoms with van der Waals surface area (Å²) < 4.78 is 7.19. The molecule has 5 nitrogen and oxygen atoms in total. The van der Waals surface area contributed by atoms with Crippen molar-refractivity contribution in [2.45, 2.75) is 20.4 Å². The Morgan fingerprint density at radius 2 is 1.96 bits per heavy atom. The van der Waals surface area contributed by atoms with Crippen molar-refractivity contribution in [1.82, 2.24) is 15.1 Å². The molecule has 0 aliphatic rings. The highest BCUT2D eigenvalue weighted by atomic mass is 32.1. The number of para-hydroxylation sites is 1. The van der Waals surface area contributed by atoms with Gasteiger partial charge in [-0.2, -0.15) is 5.10 Å². The Bertz CT molecular complexity index is 794. The van der Waals surface area contributed by atoms with Crippen molar-refractivity contribution < 1.29 is 4.42 Å². The molecule has 23 heavy (non-hydrogen) atoms. The second-order valence-corrected chi connectivity index (χ2v) is 5.59. The highest BCUT2D eigenvalue weighted by Gasteiger charge is 2.13. The molecule has 0 saturated carbocycles. The third-order valence-electron chi connectivity index (χ3n) is 3.53. The van der Waals surface area contributed by atoms with Gasteiger partial charge in [-0.3, -0.25) is 0 Å². The third-order valence-corrected chi connectivity index (χ3v) is 3.78. The van der Waals surface area contributed by atoms with Crippen molar-refractivity contribution in [2.75, 3.05) is 5.32 Å². The lowest BCUT2D eigenvalue weighted by atomic mass is 10.3. The maximum Gasteiger partial charge on any atom is 0.171 e. The van der Waals surface area contributed by atoms with E-state index in [2.05, 4.69) is 15.7 Å². The van der Waals surface area contributed by atoms with Crippen molar-refractivity contribution >= 4 is 23.0 Å². The van der Waals surface area contributed by atoms with Gasteiger partial charge in [0.1, 0.15) is 5.76 Å². The maximum absolute atomic E-state index is 5.35. The maximum atomic E-state index is 5.35. The molecule has 0 atom stereocenters. The zero-order valence-electron chi connectivity index (χ0n) is 13.0. The number of hydrogen-bond donors (Lipinski definition) is 2. The summed E-state index contributed by atoms with van der Waals surface area (Å²) in [5.41, 5.74) is 3.85. The summed E-state index contributed by atoms with van der Waals surface area (Å²) in [5.74, 6) is 0.836. The summed E-state index contributed by atoms with van der Waals surface area (Å²) in [6.45, 7) is 4.53. The molecule has 0 aliphatic heterocycles. The molecule has 2 N–H and O–H groups in total. The van der Waals surface area contributed by atoms with E-state index in [1.54, 1.807) is 6.26 Å². The molecule has 3 aromatic rings. The quantitative estimate of drug-likeness (QED) is 0.718. The summed E-state index contributed by atoms with van der Waals surface area (Å²) in [4.78, 5) is 0. The van der Waals surface area contributed by atoms with Crippen molar-refractivity contribution in [2.24, 2.45) is 0 Å². The second kappa shape index (κ2) is 6.66. The van der Waals surface area contributed by atoms with E-state index < -0.39 is 0 Å². The van der Waals surface area contributed by atoms with Crippen molar-refractivity contribution in [1.29, 1.82) is 0 Å². The van der Waals surface area contributed by atoms with Gasteiger partial charge in [-0.1, -0.05) is 18.2 Å². The standard InChI is InChI=1S/C17H18N4OS/c1-12-16(19-17(23)18-11-15-9-6-10-22-15)13(2)21(20-12)14-7-4-3-5-8-14/h3-10H,11H2,1-2H3,(H2,18,19,23). The molecule has 0 radical (unpaired) electrons. The Morgan fingerprint density at radius 1 is 1.17 bits per heavy atom. The van der Waals surface area contributed by atoms with Gasteiger partial charge in [-0.25, -0.2) is 4.68 Å². The van der Waals surface area contributed by atoms with Gasteiger partial charge in [-0.15, -0.1) is 0 Å². The monoisotopic (exact) mass is 326 g/mol. The van der Waals surface area contributed by atoms with E-state index in [1.165, 1.54) is 0 Å². The minimum Gasteiger partial charge on any atom is -0.467 e. The normalized spacial score (nSPS) is 10.5. The molecular weight excluding hydrogens is 308 g/mol. The topological polar surface area (TPSA) is 55.0 Å². The number of benzene rings is 1. The molecule has 0 unspecified atom stereocenters. The first kappa shape index (κ1) is 15.3. The van der Waals surface area contributed by atoms with Crippen LogP contribution in [0.5, 0.6) is 0 Å². The van der Waals surface area contributed by atoms with Crippen LogP contribution in [-0.2, 0) is 6.54 Å². The summed E-state index contributed by atoms with van der Waals surface area (Å²) >= 11 is 5.35. The highest BCUT2D eigenvalue weighted by Crippen LogP contribution is 2.22. The molecule has 0 saturated heterocycles. The minimum absolute atomic E-state index is 0.542. The van der Waals surface area contributed by atoms with E-state index in [4.69, 9.17) is 16.6 Å². The average Bonchev–Trinajstić information content (AvgIpc) is 3.17. The first-order chi connectivity index (χ1) is 11.1. The Balaban J connectivity index is 1.73. The van der Waals surface area contributed by atoms with Gasteiger partial charge in [0.2, 0.25) is 0 Å². The van der Waals surface area contributed by atoms with Gasteiger partial charge in [-0.05, 0) is 50.3 Å². The molecule has 2 heterocycles. The van der Waals surface area contributed by atoms with Crippen LogP contribution in [0.4, 0.5) is 5.69 Å². The molecule has 0 bridgehead atoms. The average molecular weight is 326 g/mol. The van der Waals surface area contributed by atoms with E-state index in [9.17, 15) is 0 Å². The van der Waals surface area contributed by atoms with E-state index >= 15 is 0 Å². The Morgan fingerprint density at radius 3 is 2.65 bits per heavy atom. The van der Waals surface area contributed by atoms with Gasteiger partial charge in [0.25, 0.3) is 0 Å². The Kier molecular flexibility index (Phi) is 4.43. The van der Waals surface area contributed by atoms with Gasteiger partial charge >= 0.3 is 0 Å². The van der Waals surface area contributed by atoms with Crippen LogP contribution in [0, 0.1) is 13.8 Å². The zero-order valence-corrected chi connectivity index (χ0v) is 13.9. The van der Waals surface area contributed by atoms with E-state index in [1.807, 2.05) is 61.0 Å². The van der Waals surface area contributed by atoms with E-state index in [0.717, 1.165) is 28.5 Å². The highest BCUT2D eigenvalue weighted by molar-refractivity contribution is 7.80. The van der Waals surface area contributed by atoms with Crippen LogP contribution in [0.25, 0.3) is 5.69 Å². The number of nitrogens with one attached hydrogen (secondary N) is 2. The summed E-state index contributed by atoms with van der Waals surface area (Å²) in [7, 11) is 0. The molecule has 0 aliphatic carbocycles. The molecule has 1 aromatic carbocycles. The molecule has 0 spiro atoms. The number of anilines is 1. The fraction of sp³-hybridized carbons (Fsp3) is 0.176. The molecular formula is C17H18N4OS. The smallest absolute Gasteiger partial charge is 0.171 e. The zero-order chi connectivity index (χ0) is 16.2. The number of thiocarbonyl (C=S) groups is 1. The third kappa shape index (κ3) is 3.43. The molecule has 0 amide bonds.